The van der Waals surface area contributed by atoms with Gasteiger partial charge in [0.1, 0.15) is 0 Å². The second-order valence-corrected chi connectivity index (χ2v) is 1.58. The van der Waals surface area contributed by atoms with Crippen molar-refractivity contribution in [2.75, 3.05) is 26.2 Å². The molecule has 0 spiro atoms. The molecule has 0 unspecified atom stereocenters. The Kier molecular flexibility index (Phi) is 13.7. The summed E-state index contributed by atoms with van der Waals surface area (Å²) >= 11 is 0. The number of hydrogen-bond acceptors (Lipinski definition) is 6. The molecule has 6 N–H and O–H groups in total. The Morgan fingerprint density at radius 1 is 1.18 bits per heavy atom. The van der Waals surface area contributed by atoms with Crippen LogP contribution < -0.4 is 16.8 Å². The molecule has 0 amide bonds. The Labute approximate surface area is 65.0 Å². The minimum atomic E-state index is -1.25. The van der Waals surface area contributed by atoms with Gasteiger partial charge in [0.15, 0.2) is 0 Å². The summed E-state index contributed by atoms with van der Waals surface area (Å²) in [7, 11) is 0. The largest absolute Gasteiger partial charge is 0.588 e. The second kappa shape index (κ2) is 11.8. The quantitative estimate of drug-likeness (QED) is 0.228. The van der Waals surface area contributed by atoms with Gasteiger partial charge in [-0.2, -0.15) is 0 Å². The molecule has 0 radical (unpaired) electrons. The van der Waals surface area contributed by atoms with E-state index in [1.807, 2.05) is 0 Å². The highest BCUT2D eigenvalue weighted by Crippen LogP contribution is 1.49. The molecule has 0 aromatic carbocycles. The first kappa shape index (κ1) is 12.7. The average Bonchev–Trinajstić information content (AvgIpc) is 1.88. The lowest BCUT2D eigenvalue weighted by atomic mass is 10.6. The minimum Gasteiger partial charge on any atom is -0.588 e. The monoisotopic (exact) mass is 164 g/mol. The Hall–Kier alpha value is -0.920. The maximum atomic E-state index is 8.47. The summed E-state index contributed by atoms with van der Waals surface area (Å²) in [5, 5.41) is 18.7. The molecule has 11 heavy (non-hydrogen) atoms. The maximum Gasteiger partial charge on any atom is 0.00750 e. The first-order valence-corrected chi connectivity index (χ1v) is 3.11. The smallest absolute Gasteiger partial charge is 0.00750 e. The van der Waals surface area contributed by atoms with Crippen LogP contribution in [-0.2, 0) is 0 Å². The van der Waals surface area contributed by atoms with Crippen molar-refractivity contribution in [1.82, 2.24) is 5.32 Å². The molecule has 0 bridgehead atoms. The third-order valence-corrected chi connectivity index (χ3v) is 0.642. The van der Waals surface area contributed by atoms with Crippen LogP contribution in [0.3, 0.4) is 0 Å². The van der Waals surface area contributed by atoms with E-state index in [1.165, 1.54) is 0 Å². The van der Waals surface area contributed by atoms with Crippen LogP contribution in [0.4, 0.5) is 0 Å². The van der Waals surface area contributed by atoms with Crippen LogP contribution in [0.15, 0.2) is 0 Å². The average molecular weight is 164 g/mol. The molecular weight excluding hydrogens is 150 g/mol. The number of nitrogens with zero attached hydrogens (tertiary/aromatic N) is 1. The van der Waals surface area contributed by atoms with Gasteiger partial charge >= 0.3 is 0 Å². The van der Waals surface area contributed by atoms with Crippen molar-refractivity contribution in [3.63, 3.8) is 0 Å². The van der Waals surface area contributed by atoms with Crippen molar-refractivity contribution >= 4 is 0 Å². The van der Waals surface area contributed by atoms with Crippen LogP contribution >= 0.6 is 0 Å². The lowest BCUT2D eigenvalue weighted by Gasteiger charge is -1.95. The van der Waals surface area contributed by atoms with Gasteiger partial charge in [-0.3, -0.25) is 0 Å². The van der Waals surface area contributed by atoms with E-state index in [0.717, 1.165) is 13.1 Å². The summed E-state index contributed by atoms with van der Waals surface area (Å²) in [6.07, 6.45) is 0. The molecule has 0 saturated heterocycles. The van der Waals surface area contributed by atoms with Crippen LogP contribution in [0.1, 0.15) is 0 Å². The van der Waals surface area contributed by atoms with E-state index < -0.39 is 5.02 Å². The van der Waals surface area contributed by atoms with E-state index in [0.29, 0.717) is 13.1 Å². The molecule has 0 heterocycles. The third kappa shape index (κ3) is 48.0. The fourth-order valence-corrected chi connectivity index (χ4v) is 0.329. The van der Waals surface area contributed by atoms with Gasteiger partial charge in [-0.25, -0.2) is 0 Å². The first-order valence-electron chi connectivity index (χ1n) is 3.11. The zero-order valence-corrected chi connectivity index (χ0v) is 6.25. The van der Waals surface area contributed by atoms with E-state index in [2.05, 4.69) is 5.32 Å². The highest BCUT2D eigenvalue weighted by Gasteiger charge is 1.76. The van der Waals surface area contributed by atoms with E-state index >= 15 is 0 Å². The molecule has 0 saturated carbocycles. The molecule has 0 aliphatic rings. The molecule has 0 aromatic rings. The van der Waals surface area contributed by atoms with Gasteiger partial charge in [0.25, 0.3) is 0 Å². The fraction of sp³-hybridized carbons (Fsp3) is 1.00. The van der Waals surface area contributed by atoms with Crippen molar-refractivity contribution in [2.24, 2.45) is 11.5 Å². The Bertz CT molecular complexity index is 80.6. The minimum absolute atomic E-state index is 0.694. The normalized spacial score (nSPS) is 8.18. The van der Waals surface area contributed by atoms with E-state index in [9.17, 15) is 0 Å². The molecule has 7 heteroatoms. The Balaban J connectivity index is 0. The van der Waals surface area contributed by atoms with Crippen molar-refractivity contribution in [3.8, 4) is 0 Å². The SMILES string of the molecule is N=[N+]([O-])[O-].NCCNCCN. The summed E-state index contributed by atoms with van der Waals surface area (Å²) in [5.74, 6) is 0. The predicted molar refractivity (Wildman–Crippen MR) is 40.7 cm³/mol. The van der Waals surface area contributed by atoms with Gasteiger partial charge in [0.2, 0.25) is 0 Å². The van der Waals surface area contributed by atoms with Gasteiger partial charge in [0.05, 0.1) is 0 Å². The lowest BCUT2D eigenvalue weighted by Crippen LogP contribution is -2.27. The summed E-state index contributed by atoms with van der Waals surface area (Å²) in [4.78, 5) is 0. The van der Waals surface area contributed by atoms with Crippen molar-refractivity contribution in [3.05, 3.63) is 10.4 Å². The lowest BCUT2D eigenvalue weighted by molar-refractivity contribution is -0.482. The molecule has 7 nitrogen and oxygen atoms in total. The summed E-state index contributed by atoms with van der Waals surface area (Å²) in [6.45, 7) is 3.13. The van der Waals surface area contributed by atoms with Gasteiger partial charge in [-0.15, -0.1) is 0 Å². The topological polar surface area (TPSA) is 137 Å². The molecule has 0 rings (SSSR count). The number of nitrogens with one attached hydrogen (secondary N) is 2. The first-order chi connectivity index (χ1) is 5.15. The number of nitrogens with two attached hydrogens (primary N) is 2. The zero-order chi connectivity index (χ0) is 9.11. The number of hydrogen-bond donors (Lipinski definition) is 4. The predicted octanol–water partition coefficient (Wildman–Crippen LogP) is -1.48. The third-order valence-electron chi connectivity index (χ3n) is 0.642. The van der Waals surface area contributed by atoms with Gasteiger partial charge in [-0.05, 0) is 5.53 Å². The highest BCUT2D eigenvalue weighted by molar-refractivity contribution is 4.45. The molecular formula is C4H14N5O2-. The molecule has 68 valence electrons. The summed E-state index contributed by atoms with van der Waals surface area (Å²) in [6, 6.07) is 0. The summed E-state index contributed by atoms with van der Waals surface area (Å²) in [5.41, 5.74) is 15.6. The second-order valence-electron chi connectivity index (χ2n) is 1.58. The molecule has 0 fully saturated rings. The molecule has 0 aromatic heterocycles. The van der Waals surface area contributed by atoms with E-state index in [-0.39, 0.29) is 0 Å². The van der Waals surface area contributed by atoms with E-state index in [1.54, 1.807) is 0 Å². The van der Waals surface area contributed by atoms with Crippen LogP contribution in [0.2, 0.25) is 0 Å². The molecule has 0 atom stereocenters. The van der Waals surface area contributed by atoms with Crippen molar-refractivity contribution < 1.29 is 5.02 Å². The zero-order valence-electron chi connectivity index (χ0n) is 6.25. The van der Waals surface area contributed by atoms with Crippen molar-refractivity contribution in [2.45, 2.75) is 0 Å². The fourth-order valence-electron chi connectivity index (χ4n) is 0.329. The standard InChI is InChI=1S/C4H13N3.HN2O2/c5-1-3-7-4-2-6;1-2(3)4/h7H,1-6H2;(H-,1,3,4)/q;-1. The van der Waals surface area contributed by atoms with Gasteiger partial charge in [0, 0.05) is 26.2 Å². The van der Waals surface area contributed by atoms with Gasteiger partial charge < -0.3 is 27.2 Å². The van der Waals surface area contributed by atoms with Crippen LogP contribution in [0.25, 0.3) is 0 Å². The van der Waals surface area contributed by atoms with Crippen LogP contribution in [-0.4, -0.2) is 31.2 Å². The molecule has 0 aliphatic carbocycles. The summed E-state index contributed by atoms with van der Waals surface area (Å²) < 4.78 is 0. The number of rotatable bonds is 4. The van der Waals surface area contributed by atoms with Crippen LogP contribution in [0, 0.1) is 15.9 Å². The van der Waals surface area contributed by atoms with E-state index in [4.69, 9.17) is 27.4 Å². The maximum absolute atomic E-state index is 8.47. The Morgan fingerprint density at radius 2 is 1.45 bits per heavy atom. The molecule has 0 aliphatic heterocycles. The van der Waals surface area contributed by atoms with Gasteiger partial charge in [-0.1, -0.05) is 5.02 Å². The highest BCUT2D eigenvalue weighted by atomic mass is 16.8. The van der Waals surface area contributed by atoms with Crippen molar-refractivity contribution in [1.29, 1.82) is 5.53 Å². The Morgan fingerprint density at radius 3 is 1.64 bits per heavy atom. The van der Waals surface area contributed by atoms with Crippen LogP contribution in [0.5, 0.6) is 0 Å².